The first-order valence-corrected chi connectivity index (χ1v) is 5.86. The number of likely N-dealkylation sites (N-methyl/N-ethyl adjacent to an activating group) is 1. The van der Waals surface area contributed by atoms with Crippen LogP contribution in [0, 0.1) is 17.1 Å². The number of nitrogens with zero attached hydrogens (tertiary/aromatic N) is 5. The van der Waals surface area contributed by atoms with Crippen LogP contribution >= 0.6 is 0 Å². The molecule has 0 aliphatic carbocycles. The van der Waals surface area contributed by atoms with E-state index in [4.69, 9.17) is 5.26 Å². The molecule has 0 aliphatic rings. The third-order valence-corrected chi connectivity index (χ3v) is 2.67. The van der Waals surface area contributed by atoms with Gasteiger partial charge in [0.05, 0.1) is 0 Å². The summed E-state index contributed by atoms with van der Waals surface area (Å²) in [6.07, 6.45) is 1.33. The summed E-state index contributed by atoms with van der Waals surface area (Å²) >= 11 is 0. The van der Waals surface area contributed by atoms with Crippen molar-refractivity contribution in [1.82, 2.24) is 19.7 Å². The summed E-state index contributed by atoms with van der Waals surface area (Å²) in [5, 5.41) is 12.4. The van der Waals surface area contributed by atoms with E-state index < -0.39 is 0 Å². The molecule has 0 bridgehead atoms. The molecule has 1 aromatic heterocycles. The topological polar surface area (TPSA) is 74.8 Å². The third-order valence-electron chi connectivity index (χ3n) is 2.67. The van der Waals surface area contributed by atoms with E-state index in [-0.39, 0.29) is 24.1 Å². The lowest BCUT2D eigenvalue weighted by molar-refractivity contribution is -0.131. The van der Waals surface area contributed by atoms with E-state index in [0.29, 0.717) is 12.1 Å². The van der Waals surface area contributed by atoms with Gasteiger partial charge >= 0.3 is 0 Å². The highest BCUT2D eigenvalue weighted by Gasteiger charge is 2.11. The molecule has 6 nitrogen and oxygen atoms in total. The molecule has 102 valence electrons. The zero-order chi connectivity index (χ0) is 14.5. The van der Waals surface area contributed by atoms with Crippen LogP contribution in [-0.2, 0) is 17.9 Å². The first-order chi connectivity index (χ1) is 9.58. The molecule has 0 unspecified atom stereocenters. The van der Waals surface area contributed by atoms with E-state index in [2.05, 4.69) is 10.1 Å². The van der Waals surface area contributed by atoms with Crippen LogP contribution in [-0.4, -0.2) is 32.6 Å². The second-order valence-corrected chi connectivity index (χ2v) is 4.26. The fourth-order valence-electron chi connectivity index (χ4n) is 1.68. The van der Waals surface area contributed by atoms with E-state index in [9.17, 15) is 9.18 Å². The van der Waals surface area contributed by atoms with Crippen LogP contribution in [0.5, 0.6) is 0 Å². The SMILES string of the molecule is CN(Cc1cccc(F)c1)C(=O)Cn1cnc(C#N)n1. The number of halogens is 1. The number of rotatable bonds is 4. The van der Waals surface area contributed by atoms with Gasteiger partial charge in [-0.1, -0.05) is 12.1 Å². The molecule has 2 aromatic rings. The Morgan fingerprint density at radius 1 is 1.55 bits per heavy atom. The van der Waals surface area contributed by atoms with E-state index in [1.54, 1.807) is 25.2 Å². The summed E-state index contributed by atoms with van der Waals surface area (Å²) in [7, 11) is 1.62. The highest BCUT2D eigenvalue weighted by Crippen LogP contribution is 2.06. The maximum atomic E-state index is 13.1. The standard InChI is InChI=1S/C13H12FN5O/c1-18(7-10-3-2-4-11(14)5-10)13(20)8-19-9-16-12(6-15)17-19/h2-5,9H,7-8H2,1H3. The zero-order valence-corrected chi connectivity index (χ0v) is 10.8. The minimum atomic E-state index is -0.335. The van der Waals surface area contributed by atoms with Crippen molar-refractivity contribution >= 4 is 5.91 Å². The quantitative estimate of drug-likeness (QED) is 0.831. The van der Waals surface area contributed by atoms with Crippen molar-refractivity contribution in [3.8, 4) is 6.07 Å². The molecule has 0 radical (unpaired) electrons. The summed E-state index contributed by atoms with van der Waals surface area (Å²) in [4.78, 5) is 17.1. The first-order valence-electron chi connectivity index (χ1n) is 5.86. The molecule has 0 spiro atoms. The predicted molar refractivity (Wildman–Crippen MR) is 67.6 cm³/mol. The molecule has 0 fully saturated rings. The largest absolute Gasteiger partial charge is 0.340 e. The second-order valence-electron chi connectivity index (χ2n) is 4.26. The molecule has 7 heteroatoms. The summed E-state index contributed by atoms with van der Waals surface area (Å²) < 4.78 is 14.3. The number of benzene rings is 1. The Balaban J connectivity index is 1.97. The number of nitriles is 1. The average molecular weight is 273 g/mol. The van der Waals surface area contributed by atoms with Gasteiger partial charge in [-0.05, 0) is 17.7 Å². The van der Waals surface area contributed by atoms with Crippen LogP contribution in [0.4, 0.5) is 4.39 Å². The number of hydrogen-bond acceptors (Lipinski definition) is 4. The highest BCUT2D eigenvalue weighted by atomic mass is 19.1. The van der Waals surface area contributed by atoms with Crippen LogP contribution in [0.2, 0.25) is 0 Å². The Morgan fingerprint density at radius 2 is 2.35 bits per heavy atom. The van der Waals surface area contributed by atoms with E-state index in [1.165, 1.54) is 28.0 Å². The van der Waals surface area contributed by atoms with Crippen LogP contribution in [0.3, 0.4) is 0 Å². The van der Waals surface area contributed by atoms with Crippen molar-refractivity contribution in [3.63, 3.8) is 0 Å². The van der Waals surface area contributed by atoms with E-state index in [1.807, 2.05) is 0 Å². The van der Waals surface area contributed by atoms with Gasteiger partial charge < -0.3 is 4.90 Å². The number of carbonyl (C=O) groups excluding carboxylic acids is 1. The number of hydrogen-bond donors (Lipinski definition) is 0. The van der Waals surface area contributed by atoms with Gasteiger partial charge in [-0.15, -0.1) is 5.10 Å². The van der Waals surface area contributed by atoms with Gasteiger partial charge in [0.2, 0.25) is 5.91 Å². The summed E-state index contributed by atoms with van der Waals surface area (Å²) in [5.74, 6) is -0.521. The molecule has 20 heavy (non-hydrogen) atoms. The minimum Gasteiger partial charge on any atom is -0.340 e. The van der Waals surface area contributed by atoms with Crippen molar-refractivity contribution in [2.45, 2.75) is 13.1 Å². The van der Waals surface area contributed by atoms with Crippen molar-refractivity contribution in [2.24, 2.45) is 0 Å². The Labute approximate surface area is 115 Å². The van der Waals surface area contributed by atoms with Gasteiger partial charge in [0.1, 0.15) is 24.8 Å². The Morgan fingerprint density at radius 3 is 3.00 bits per heavy atom. The minimum absolute atomic E-state index is 0.0134. The molecule has 2 rings (SSSR count). The summed E-state index contributed by atoms with van der Waals surface area (Å²) in [6, 6.07) is 7.86. The fraction of sp³-hybridized carbons (Fsp3) is 0.231. The lowest BCUT2D eigenvalue weighted by atomic mass is 10.2. The maximum absolute atomic E-state index is 13.1. The second kappa shape index (κ2) is 5.93. The summed E-state index contributed by atoms with van der Waals surface area (Å²) in [6.45, 7) is 0.289. The Kier molecular flexibility index (Phi) is 4.05. The lowest BCUT2D eigenvalue weighted by Crippen LogP contribution is -2.30. The smallest absolute Gasteiger partial charge is 0.252 e. The van der Waals surface area contributed by atoms with Gasteiger partial charge in [0.25, 0.3) is 5.82 Å². The van der Waals surface area contributed by atoms with Crippen molar-refractivity contribution in [3.05, 3.63) is 47.8 Å². The third kappa shape index (κ3) is 3.38. The number of carbonyl (C=O) groups is 1. The van der Waals surface area contributed by atoms with Crippen LogP contribution < -0.4 is 0 Å². The Hall–Kier alpha value is -2.75. The molecule has 0 aliphatic heterocycles. The molecule has 0 saturated carbocycles. The maximum Gasteiger partial charge on any atom is 0.252 e. The van der Waals surface area contributed by atoms with Gasteiger partial charge in [-0.25, -0.2) is 14.1 Å². The highest BCUT2D eigenvalue weighted by molar-refractivity contribution is 5.75. The molecule has 0 atom stereocenters. The molecule has 1 amide bonds. The Bertz CT molecular complexity index is 661. The van der Waals surface area contributed by atoms with Gasteiger partial charge in [-0.3, -0.25) is 4.79 Å². The van der Waals surface area contributed by atoms with Crippen molar-refractivity contribution in [1.29, 1.82) is 5.26 Å². The number of aromatic nitrogens is 3. The van der Waals surface area contributed by atoms with E-state index >= 15 is 0 Å². The first kappa shape index (κ1) is 13.7. The van der Waals surface area contributed by atoms with Crippen LogP contribution in [0.15, 0.2) is 30.6 Å². The van der Waals surface area contributed by atoms with Crippen molar-refractivity contribution in [2.75, 3.05) is 7.05 Å². The summed E-state index contributed by atoms with van der Waals surface area (Å²) in [5.41, 5.74) is 0.706. The molecule has 0 N–H and O–H groups in total. The van der Waals surface area contributed by atoms with E-state index in [0.717, 1.165) is 0 Å². The molecular formula is C13H12FN5O. The number of amides is 1. The van der Waals surface area contributed by atoms with Gasteiger partial charge in [-0.2, -0.15) is 5.26 Å². The van der Waals surface area contributed by atoms with Crippen molar-refractivity contribution < 1.29 is 9.18 Å². The monoisotopic (exact) mass is 273 g/mol. The van der Waals surface area contributed by atoms with Gasteiger partial charge in [0, 0.05) is 13.6 Å². The molecular weight excluding hydrogens is 261 g/mol. The van der Waals surface area contributed by atoms with Crippen LogP contribution in [0.25, 0.3) is 0 Å². The zero-order valence-electron chi connectivity index (χ0n) is 10.8. The average Bonchev–Trinajstić information content (AvgIpc) is 2.86. The predicted octanol–water partition coefficient (Wildman–Crippen LogP) is 0.947. The molecule has 1 aromatic carbocycles. The fourth-order valence-corrected chi connectivity index (χ4v) is 1.68. The molecule has 0 saturated heterocycles. The molecule has 1 heterocycles. The lowest BCUT2D eigenvalue weighted by Gasteiger charge is -2.17. The van der Waals surface area contributed by atoms with Crippen LogP contribution in [0.1, 0.15) is 11.4 Å². The normalized spacial score (nSPS) is 10.1. The van der Waals surface area contributed by atoms with Gasteiger partial charge in [0.15, 0.2) is 0 Å².